The molecule has 0 aromatic heterocycles. The van der Waals surface area contributed by atoms with Crippen molar-refractivity contribution in [2.24, 2.45) is 29.6 Å². The minimum absolute atomic E-state index is 0.0685. The van der Waals surface area contributed by atoms with Crippen LogP contribution in [-0.2, 0) is 23.9 Å². The van der Waals surface area contributed by atoms with Crippen LogP contribution in [0.25, 0.3) is 0 Å². The number of allylic oxidation sites excluding steroid dienone is 1. The third kappa shape index (κ3) is 2.80. The maximum atomic E-state index is 14.0. The van der Waals surface area contributed by atoms with E-state index in [0.29, 0.717) is 18.4 Å². The molecule has 0 aromatic rings. The van der Waals surface area contributed by atoms with E-state index in [1.54, 1.807) is 20.8 Å². The molecule has 31 heavy (non-hydrogen) atoms. The monoisotopic (exact) mass is 430 g/mol. The minimum atomic E-state index is -1.99. The lowest BCUT2D eigenvalue weighted by Gasteiger charge is -2.57. The van der Waals surface area contributed by atoms with Crippen molar-refractivity contribution < 1.29 is 29.0 Å². The summed E-state index contributed by atoms with van der Waals surface area (Å²) in [6.45, 7) is 11.1. The Morgan fingerprint density at radius 1 is 1.16 bits per heavy atom. The van der Waals surface area contributed by atoms with Gasteiger partial charge in [-0.2, -0.15) is 0 Å². The van der Waals surface area contributed by atoms with E-state index in [0.717, 1.165) is 18.4 Å². The number of aliphatic hydroxyl groups is 1. The van der Waals surface area contributed by atoms with Gasteiger partial charge in [0, 0.05) is 24.0 Å². The van der Waals surface area contributed by atoms with Crippen LogP contribution in [0.4, 0.5) is 0 Å². The normalized spacial score (nSPS) is 46.7. The number of Topliss-reactive ketones (excluding diaryl/α,β-unsaturated/α-hetero) is 1. The van der Waals surface area contributed by atoms with E-state index < -0.39 is 40.6 Å². The first kappa shape index (κ1) is 22.4. The minimum Gasteiger partial charge on any atom is -0.426 e. The Kier molecular flexibility index (Phi) is 5.14. The van der Waals surface area contributed by atoms with E-state index in [2.05, 4.69) is 6.92 Å². The SMILES string of the molecule is CC(C)=CC(=O)[C@]12O[C@]3(CC[C@H](C)[C@@]1(O)C(=O)[C@H]1[C@@H](CC[C@@H]1C)[C@@H]2C)OC(=O)C=C3C. The van der Waals surface area contributed by atoms with Gasteiger partial charge >= 0.3 is 5.97 Å². The Hall–Kier alpha value is -1.79. The zero-order valence-corrected chi connectivity index (χ0v) is 19.4. The summed E-state index contributed by atoms with van der Waals surface area (Å²) in [5.41, 5.74) is -2.48. The number of carbonyl (C=O) groups is 3. The largest absolute Gasteiger partial charge is 0.426 e. The Morgan fingerprint density at radius 2 is 1.84 bits per heavy atom. The zero-order chi connectivity index (χ0) is 22.9. The van der Waals surface area contributed by atoms with Crippen LogP contribution in [0.15, 0.2) is 23.3 Å². The lowest BCUT2D eigenvalue weighted by Crippen LogP contribution is -2.76. The smallest absolute Gasteiger partial charge is 0.333 e. The van der Waals surface area contributed by atoms with Crippen molar-refractivity contribution in [3.8, 4) is 0 Å². The molecule has 6 heteroatoms. The molecule has 0 aromatic carbocycles. The number of hydrogen-bond donors (Lipinski definition) is 1. The lowest BCUT2D eigenvalue weighted by molar-refractivity contribution is -0.297. The zero-order valence-electron chi connectivity index (χ0n) is 19.4. The molecule has 4 aliphatic rings. The molecule has 0 radical (unpaired) electrons. The highest BCUT2D eigenvalue weighted by molar-refractivity contribution is 6.07. The molecule has 1 spiro atoms. The second-order valence-electron chi connectivity index (χ2n) is 10.5. The van der Waals surface area contributed by atoms with Crippen LogP contribution in [0.5, 0.6) is 0 Å². The summed E-state index contributed by atoms with van der Waals surface area (Å²) in [4.78, 5) is 40.1. The first-order valence-electron chi connectivity index (χ1n) is 11.5. The van der Waals surface area contributed by atoms with E-state index in [-0.39, 0.29) is 23.5 Å². The van der Waals surface area contributed by atoms with Gasteiger partial charge in [0.15, 0.2) is 22.8 Å². The van der Waals surface area contributed by atoms with Crippen LogP contribution in [0.3, 0.4) is 0 Å². The number of ether oxygens (including phenoxy) is 2. The second-order valence-corrected chi connectivity index (χ2v) is 10.5. The number of ketones is 2. The second kappa shape index (κ2) is 7.11. The van der Waals surface area contributed by atoms with Gasteiger partial charge in [-0.3, -0.25) is 9.59 Å². The standard InChI is InChI=1S/C25H34O6/c1-13(2)11-19(26)25-17(6)18-8-7-14(3)21(18)22(28)24(25,29)15(4)9-10-23(31-25)16(5)12-20(27)30-23/h11-12,14-15,17-18,21,29H,7-10H2,1-6H3/t14-,15-,17-,18-,21+,23-,24+,25-/m0/s1. The summed E-state index contributed by atoms with van der Waals surface area (Å²) in [7, 11) is 0. The highest BCUT2D eigenvalue weighted by Gasteiger charge is 2.75. The van der Waals surface area contributed by atoms with Gasteiger partial charge in [-0.25, -0.2) is 4.79 Å². The fourth-order valence-corrected chi connectivity index (χ4v) is 6.78. The average Bonchev–Trinajstić information content (AvgIpc) is 3.16. The molecule has 0 unspecified atom stereocenters. The molecule has 170 valence electrons. The number of carbonyl (C=O) groups excluding carboxylic acids is 3. The first-order valence-corrected chi connectivity index (χ1v) is 11.5. The summed E-state index contributed by atoms with van der Waals surface area (Å²) in [5, 5.41) is 12.3. The molecular formula is C25H34O6. The van der Waals surface area contributed by atoms with E-state index in [9.17, 15) is 19.5 Å². The Bertz CT molecular complexity index is 898. The van der Waals surface area contributed by atoms with Crippen molar-refractivity contribution in [3.05, 3.63) is 23.3 Å². The van der Waals surface area contributed by atoms with Crippen molar-refractivity contribution in [1.82, 2.24) is 0 Å². The van der Waals surface area contributed by atoms with Crippen LogP contribution in [0.1, 0.15) is 67.2 Å². The molecule has 2 heterocycles. The number of esters is 1. The molecule has 6 nitrogen and oxygen atoms in total. The third-order valence-corrected chi connectivity index (χ3v) is 8.49. The topological polar surface area (TPSA) is 89.9 Å². The van der Waals surface area contributed by atoms with Crippen LogP contribution < -0.4 is 0 Å². The van der Waals surface area contributed by atoms with E-state index >= 15 is 0 Å². The van der Waals surface area contributed by atoms with Gasteiger partial charge in [-0.15, -0.1) is 0 Å². The van der Waals surface area contributed by atoms with Crippen molar-refractivity contribution in [3.63, 3.8) is 0 Å². The molecule has 4 rings (SSSR count). The number of hydrogen-bond acceptors (Lipinski definition) is 6. The molecular weight excluding hydrogens is 396 g/mol. The van der Waals surface area contributed by atoms with Crippen LogP contribution in [0.2, 0.25) is 0 Å². The lowest BCUT2D eigenvalue weighted by atomic mass is 9.52. The van der Waals surface area contributed by atoms with Crippen molar-refractivity contribution in [2.75, 3.05) is 0 Å². The summed E-state index contributed by atoms with van der Waals surface area (Å²) >= 11 is 0. The summed E-state index contributed by atoms with van der Waals surface area (Å²) in [6, 6.07) is 0. The summed E-state index contributed by atoms with van der Waals surface area (Å²) < 4.78 is 12.3. The Balaban J connectivity index is 1.99. The van der Waals surface area contributed by atoms with Gasteiger partial charge in [-0.05, 0) is 69.8 Å². The van der Waals surface area contributed by atoms with Crippen LogP contribution in [-0.4, -0.2) is 39.6 Å². The molecule has 1 N–H and O–H groups in total. The van der Waals surface area contributed by atoms with Gasteiger partial charge in [0.1, 0.15) is 0 Å². The first-order chi connectivity index (χ1) is 14.4. The Morgan fingerprint density at radius 3 is 2.42 bits per heavy atom. The number of fused-ring (bicyclic) bond motifs is 2. The van der Waals surface area contributed by atoms with Gasteiger partial charge in [0.25, 0.3) is 0 Å². The van der Waals surface area contributed by atoms with Gasteiger partial charge in [0.05, 0.1) is 0 Å². The van der Waals surface area contributed by atoms with Crippen molar-refractivity contribution in [1.29, 1.82) is 0 Å². The predicted octanol–water partition coefficient (Wildman–Crippen LogP) is 3.52. The molecule has 0 amide bonds. The highest BCUT2D eigenvalue weighted by atomic mass is 16.7. The van der Waals surface area contributed by atoms with Gasteiger partial charge in [-0.1, -0.05) is 26.3 Å². The average molecular weight is 431 g/mol. The third-order valence-electron chi connectivity index (χ3n) is 8.49. The predicted molar refractivity (Wildman–Crippen MR) is 114 cm³/mol. The molecule has 1 saturated heterocycles. The summed E-state index contributed by atoms with van der Waals surface area (Å²) in [5.74, 6) is -3.83. The fraction of sp³-hybridized carbons (Fsp3) is 0.720. The molecule has 2 saturated carbocycles. The Labute approximate surface area is 184 Å². The number of rotatable bonds is 2. The summed E-state index contributed by atoms with van der Waals surface area (Å²) in [6.07, 6.45) is 5.21. The van der Waals surface area contributed by atoms with E-state index in [4.69, 9.17) is 9.47 Å². The molecule has 0 bridgehead atoms. The van der Waals surface area contributed by atoms with Gasteiger partial charge < -0.3 is 14.6 Å². The van der Waals surface area contributed by atoms with Crippen molar-refractivity contribution in [2.45, 2.75) is 84.2 Å². The van der Waals surface area contributed by atoms with E-state index in [1.807, 2.05) is 13.8 Å². The van der Waals surface area contributed by atoms with Crippen LogP contribution >= 0.6 is 0 Å². The van der Waals surface area contributed by atoms with Crippen LogP contribution in [0, 0.1) is 29.6 Å². The molecule has 3 fully saturated rings. The van der Waals surface area contributed by atoms with E-state index in [1.165, 1.54) is 12.2 Å². The maximum Gasteiger partial charge on any atom is 0.333 e. The molecule has 2 aliphatic carbocycles. The quantitative estimate of drug-likeness (QED) is 0.533. The molecule has 2 aliphatic heterocycles. The molecule has 8 atom stereocenters. The van der Waals surface area contributed by atoms with Crippen molar-refractivity contribution >= 4 is 17.5 Å². The maximum absolute atomic E-state index is 14.0. The fourth-order valence-electron chi connectivity index (χ4n) is 6.78. The highest BCUT2D eigenvalue weighted by Crippen LogP contribution is 2.61. The van der Waals surface area contributed by atoms with Gasteiger partial charge in [0.2, 0.25) is 5.79 Å².